The van der Waals surface area contributed by atoms with Gasteiger partial charge in [0.15, 0.2) is 0 Å². The maximum atomic E-state index is 12.2. The summed E-state index contributed by atoms with van der Waals surface area (Å²) in [5.74, 6) is 0. The van der Waals surface area contributed by atoms with Crippen molar-refractivity contribution in [2.75, 3.05) is 13.1 Å². The van der Waals surface area contributed by atoms with Gasteiger partial charge in [0, 0.05) is 18.6 Å². The second kappa shape index (κ2) is 7.87. The van der Waals surface area contributed by atoms with Gasteiger partial charge in [-0.25, -0.2) is 4.79 Å². The van der Waals surface area contributed by atoms with Gasteiger partial charge < -0.3 is 15.0 Å². The Balaban J connectivity index is 2.42. The van der Waals surface area contributed by atoms with Crippen LogP contribution in [-0.2, 0) is 4.74 Å². The summed E-state index contributed by atoms with van der Waals surface area (Å²) < 4.78 is 5.50. The molecule has 0 spiro atoms. The van der Waals surface area contributed by atoms with Gasteiger partial charge in [-0.2, -0.15) is 0 Å². The third-order valence-electron chi connectivity index (χ3n) is 3.65. The molecular weight excluding hydrogens is 252 g/mol. The topological polar surface area (TPSA) is 41.6 Å². The number of nitrogens with one attached hydrogen (secondary N) is 1. The molecule has 1 aliphatic heterocycles. The average Bonchev–Trinajstić information content (AvgIpc) is 2.75. The van der Waals surface area contributed by atoms with E-state index in [1.165, 1.54) is 12.8 Å². The van der Waals surface area contributed by atoms with Crippen molar-refractivity contribution in [1.29, 1.82) is 0 Å². The van der Waals surface area contributed by atoms with Crippen LogP contribution in [0.4, 0.5) is 4.79 Å². The van der Waals surface area contributed by atoms with Gasteiger partial charge >= 0.3 is 6.09 Å². The van der Waals surface area contributed by atoms with Crippen molar-refractivity contribution in [3.05, 3.63) is 0 Å². The van der Waals surface area contributed by atoms with Crippen LogP contribution in [0, 0.1) is 0 Å². The highest BCUT2D eigenvalue weighted by molar-refractivity contribution is 5.68. The number of nitrogens with zero attached hydrogens (tertiary/aromatic N) is 1. The van der Waals surface area contributed by atoms with Crippen molar-refractivity contribution in [3.8, 4) is 0 Å². The summed E-state index contributed by atoms with van der Waals surface area (Å²) in [6.07, 6.45) is 5.48. The van der Waals surface area contributed by atoms with Crippen LogP contribution >= 0.6 is 0 Å². The second-order valence-corrected chi connectivity index (χ2v) is 6.91. The average molecular weight is 284 g/mol. The predicted octanol–water partition coefficient (Wildman–Crippen LogP) is 3.55. The molecule has 2 unspecified atom stereocenters. The standard InChI is InChI=1S/C16H32N2O2/c1-6-7-10-17-13(2)12-14-9-8-11-18(14)15(19)20-16(3,4)5/h13-14,17H,6-12H2,1-5H3. The molecule has 118 valence electrons. The van der Waals surface area contributed by atoms with E-state index >= 15 is 0 Å². The molecule has 0 aromatic heterocycles. The molecule has 4 nitrogen and oxygen atoms in total. The largest absolute Gasteiger partial charge is 0.444 e. The number of ether oxygens (including phenoxy) is 1. The molecule has 1 aliphatic rings. The number of hydrogen-bond donors (Lipinski definition) is 1. The maximum absolute atomic E-state index is 12.2. The number of rotatable bonds is 6. The van der Waals surface area contributed by atoms with Gasteiger partial charge in [0.25, 0.3) is 0 Å². The van der Waals surface area contributed by atoms with Crippen LogP contribution in [-0.4, -0.2) is 41.8 Å². The van der Waals surface area contributed by atoms with Crippen LogP contribution in [0.2, 0.25) is 0 Å². The molecule has 0 radical (unpaired) electrons. The Hall–Kier alpha value is -0.770. The van der Waals surface area contributed by atoms with E-state index in [1.807, 2.05) is 25.7 Å². The molecule has 1 heterocycles. The molecule has 0 aromatic rings. The van der Waals surface area contributed by atoms with Gasteiger partial charge in [0.2, 0.25) is 0 Å². The molecule has 1 amide bonds. The fraction of sp³-hybridized carbons (Fsp3) is 0.938. The Morgan fingerprint density at radius 2 is 2.15 bits per heavy atom. The number of unbranched alkanes of at least 4 members (excludes halogenated alkanes) is 1. The zero-order valence-electron chi connectivity index (χ0n) is 13.9. The van der Waals surface area contributed by atoms with E-state index in [-0.39, 0.29) is 6.09 Å². The number of hydrogen-bond acceptors (Lipinski definition) is 3. The van der Waals surface area contributed by atoms with Crippen molar-refractivity contribution in [2.24, 2.45) is 0 Å². The van der Waals surface area contributed by atoms with Crippen molar-refractivity contribution < 1.29 is 9.53 Å². The van der Waals surface area contributed by atoms with Gasteiger partial charge in [0.1, 0.15) is 5.60 Å². The number of carbonyl (C=O) groups is 1. The normalized spacial score (nSPS) is 21.1. The van der Waals surface area contributed by atoms with E-state index in [9.17, 15) is 4.79 Å². The molecule has 1 rings (SSSR count). The first-order chi connectivity index (χ1) is 9.33. The Bertz CT molecular complexity index is 299. The Labute approximate surface area is 124 Å². The Morgan fingerprint density at radius 1 is 1.45 bits per heavy atom. The van der Waals surface area contributed by atoms with Crippen LogP contribution in [0.1, 0.15) is 66.7 Å². The summed E-state index contributed by atoms with van der Waals surface area (Å²) in [6, 6.07) is 0.781. The smallest absolute Gasteiger partial charge is 0.410 e. The zero-order chi connectivity index (χ0) is 15.2. The van der Waals surface area contributed by atoms with Crippen molar-refractivity contribution in [1.82, 2.24) is 10.2 Å². The number of carbonyl (C=O) groups excluding carboxylic acids is 1. The third-order valence-corrected chi connectivity index (χ3v) is 3.65. The molecular formula is C16H32N2O2. The van der Waals surface area contributed by atoms with E-state index in [2.05, 4.69) is 19.2 Å². The summed E-state index contributed by atoms with van der Waals surface area (Å²) in [6.45, 7) is 12.1. The lowest BCUT2D eigenvalue weighted by atomic mass is 10.1. The number of likely N-dealkylation sites (tertiary alicyclic amines) is 1. The fourth-order valence-corrected chi connectivity index (χ4v) is 2.66. The molecule has 0 bridgehead atoms. The molecule has 0 aliphatic carbocycles. The molecule has 1 fully saturated rings. The minimum Gasteiger partial charge on any atom is -0.444 e. The highest BCUT2D eigenvalue weighted by atomic mass is 16.6. The van der Waals surface area contributed by atoms with Gasteiger partial charge in [0.05, 0.1) is 0 Å². The predicted molar refractivity (Wildman–Crippen MR) is 83.0 cm³/mol. The molecule has 1 saturated heterocycles. The number of amides is 1. The van der Waals surface area contributed by atoms with E-state index in [0.717, 1.165) is 32.4 Å². The van der Waals surface area contributed by atoms with E-state index < -0.39 is 5.60 Å². The summed E-state index contributed by atoms with van der Waals surface area (Å²) in [5, 5.41) is 3.54. The van der Waals surface area contributed by atoms with E-state index in [0.29, 0.717) is 12.1 Å². The lowest BCUT2D eigenvalue weighted by Crippen LogP contribution is -2.42. The van der Waals surface area contributed by atoms with Crippen LogP contribution in [0.5, 0.6) is 0 Å². The maximum Gasteiger partial charge on any atom is 0.410 e. The summed E-state index contributed by atoms with van der Waals surface area (Å²) >= 11 is 0. The van der Waals surface area contributed by atoms with Crippen LogP contribution < -0.4 is 5.32 Å². The molecule has 0 saturated carbocycles. The SMILES string of the molecule is CCCCNC(C)CC1CCCN1C(=O)OC(C)(C)C. The van der Waals surface area contributed by atoms with Crippen LogP contribution in [0.25, 0.3) is 0 Å². The molecule has 20 heavy (non-hydrogen) atoms. The molecule has 0 aromatic carbocycles. The minimum atomic E-state index is -0.408. The molecule has 4 heteroatoms. The van der Waals surface area contributed by atoms with Gasteiger partial charge in [-0.1, -0.05) is 13.3 Å². The third kappa shape index (κ3) is 6.12. The van der Waals surface area contributed by atoms with Gasteiger partial charge in [-0.3, -0.25) is 0 Å². The summed E-state index contributed by atoms with van der Waals surface area (Å²) in [7, 11) is 0. The first-order valence-corrected chi connectivity index (χ1v) is 8.06. The van der Waals surface area contributed by atoms with Crippen molar-refractivity contribution in [3.63, 3.8) is 0 Å². The monoisotopic (exact) mass is 284 g/mol. The van der Waals surface area contributed by atoms with Crippen LogP contribution in [0.3, 0.4) is 0 Å². The fourth-order valence-electron chi connectivity index (χ4n) is 2.66. The lowest BCUT2D eigenvalue weighted by molar-refractivity contribution is 0.0214. The van der Waals surface area contributed by atoms with E-state index in [4.69, 9.17) is 4.74 Å². The highest BCUT2D eigenvalue weighted by Gasteiger charge is 2.32. The summed E-state index contributed by atoms with van der Waals surface area (Å²) in [4.78, 5) is 14.1. The molecule has 2 atom stereocenters. The summed E-state index contributed by atoms with van der Waals surface area (Å²) in [5.41, 5.74) is -0.408. The second-order valence-electron chi connectivity index (χ2n) is 6.91. The first-order valence-electron chi connectivity index (χ1n) is 8.06. The van der Waals surface area contributed by atoms with Crippen molar-refractivity contribution >= 4 is 6.09 Å². The van der Waals surface area contributed by atoms with E-state index in [1.54, 1.807) is 0 Å². The first kappa shape index (κ1) is 17.3. The van der Waals surface area contributed by atoms with Gasteiger partial charge in [-0.05, 0) is 59.9 Å². The van der Waals surface area contributed by atoms with Gasteiger partial charge in [-0.15, -0.1) is 0 Å². The Morgan fingerprint density at radius 3 is 2.75 bits per heavy atom. The molecule has 1 N–H and O–H groups in total. The van der Waals surface area contributed by atoms with Crippen molar-refractivity contribution in [2.45, 2.75) is 84.4 Å². The Kier molecular flexibility index (Phi) is 6.80. The quantitative estimate of drug-likeness (QED) is 0.758. The zero-order valence-corrected chi connectivity index (χ0v) is 13.9. The van der Waals surface area contributed by atoms with Crippen LogP contribution in [0.15, 0.2) is 0 Å². The minimum absolute atomic E-state index is 0.152. The highest BCUT2D eigenvalue weighted by Crippen LogP contribution is 2.24. The lowest BCUT2D eigenvalue weighted by Gasteiger charge is -2.30.